The molecule has 0 spiro atoms. The first-order chi connectivity index (χ1) is 10.1. The van der Waals surface area contributed by atoms with Gasteiger partial charge >= 0.3 is 6.03 Å². The smallest absolute Gasteiger partial charge is 0.321 e. The van der Waals surface area contributed by atoms with Crippen LogP contribution in [0.1, 0.15) is 12.8 Å². The molecule has 1 aliphatic heterocycles. The van der Waals surface area contributed by atoms with E-state index in [1.165, 1.54) is 19.4 Å². The molecule has 0 unspecified atom stereocenters. The van der Waals surface area contributed by atoms with Crippen molar-refractivity contribution in [3.05, 3.63) is 27.1 Å². The number of nitrogens with one attached hydrogen (secondary N) is 1. The lowest BCUT2D eigenvalue weighted by molar-refractivity contribution is 0.144. The maximum absolute atomic E-state index is 12.3. The Kier molecular flexibility index (Phi) is 4.86. The van der Waals surface area contributed by atoms with E-state index in [0.29, 0.717) is 0 Å². The van der Waals surface area contributed by atoms with Crippen molar-refractivity contribution in [2.24, 2.45) is 5.92 Å². The number of urea groups is 1. The molecule has 0 bridgehead atoms. The first kappa shape index (κ1) is 15.3. The highest BCUT2D eigenvalue weighted by molar-refractivity contribution is 9.11. The summed E-state index contributed by atoms with van der Waals surface area (Å²) >= 11 is 6.87. The monoisotopic (exact) mass is 415 g/mol. The van der Waals surface area contributed by atoms with Crippen molar-refractivity contribution in [2.45, 2.75) is 12.8 Å². The number of amides is 2. The van der Waals surface area contributed by atoms with E-state index in [2.05, 4.69) is 42.1 Å². The number of carbonyl (C=O) groups is 1. The zero-order valence-corrected chi connectivity index (χ0v) is 15.0. The molecule has 21 heavy (non-hydrogen) atoms. The van der Waals surface area contributed by atoms with E-state index >= 15 is 0 Å². The molecule has 2 amide bonds. The van der Waals surface area contributed by atoms with E-state index in [0.717, 1.165) is 46.7 Å². The van der Waals surface area contributed by atoms with Crippen LogP contribution in [0.15, 0.2) is 27.1 Å². The number of piperazine rings is 1. The van der Waals surface area contributed by atoms with Crippen LogP contribution in [0.4, 0.5) is 10.5 Å². The zero-order chi connectivity index (χ0) is 14.8. The molecule has 0 atom stereocenters. The maximum atomic E-state index is 12.3. The minimum absolute atomic E-state index is 0.00827. The summed E-state index contributed by atoms with van der Waals surface area (Å²) < 4.78 is 1.89. The maximum Gasteiger partial charge on any atom is 0.321 e. The molecule has 0 aromatic heterocycles. The fraction of sp³-hybridized carbons (Fsp3) is 0.533. The molecule has 1 saturated heterocycles. The summed E-state index contributed by atoms with van der Waals surface area (Å²) in [7, 11) is 0. The molecule has 1 saturated carbocycles. The van der Waals surface area contributed by atoms with Gasteiger partial charge < -0.3 is 10.2 Å². The van der Waals surface area contributed by atoms with Crippen LogP contribution in [0, 0.1) is 5.92 Å². The van der Waals surface area contributed by atoms with Gasteiger partial charge in [-0.05, 0) is 37.0 Å². The van der Waals surface area contributed by atoms with Crippen molar-refractivity contribution in [1.29, 1.82) is 0 Å². The molecule has 1 aromatic rings. The Morgan fingerprint density at radius 3 is 2.29 bits per heavy atom. The van der Waals surface area contributed by atoms with Crippen LogP contribution in [0.2, 0.25) is 0 Å². The largest absolute Gasteiger partial charge is 0.322 e. The van der Waals surface area contributed by atoms with Crippen LogP contribution in [-0.2, 0) is 0 Å². The standard InChI is InChI=1S/C15H19Br2N3O/c16-12-7-13(17)9-14(8-12)18-15(21)20-5-3-19(4-6-20)10-11-1-2-11/h7-9,11H,1-6,10H2,(H,18,21). The zero-order valence-electron chi connectivity index (χ0n) is 11.8. The summed E-state index contributed by atoms with van der Waals surface area (Å²) in [6.07, 6.45) is 2.77. The van der Waals surface area contributed by atoms with Gasteiger partial charge in [0.15, 0.2) is 0 Å². The number of halogens is 2. The van der Waals surface area contributed by atoms with Gasteiger partial charge in [-0.3, -0.25) is 4.90 Å². The lowest BCUT2D eigenvalue weighted by atomic mass is 10.3. The first-order valence-corrected chi connectivity index (χ1v) is 8.93. The Balaban J connectivity index is 1.51. The van der Waals surface area contributed by atoms with Crippen molar-refractivity contribution >= 4 is 43.6 Å². The van der Waals surface area contributed by atoms with Gasteiger partial charge in [0.1, 0.15) is 0 Å². The third kappa shape index (κ3) is 4.44. The Hall–Kier alpha value is -0.590. The summed E-state index contributed by atoms with van der Waals surface area (Å²) in [6.45, 7) is 4.83. The van der Waals surface area contributed by atoms with Crippen LogP contribution >= 0.6 is 31.9 Å². The number of hydrogen-bond acceptors (Lipinski definition) is 2. The van der Waals surface area contributed by atoms with Crippen LogP contribution in [-0.4, -0.2) is 48.6 Å². The van der Waals surface area contributed by atoms with Gasteiger partial charge in [-0.2, -0.15) is 0 Å². The predicted octanol–water partition coefficient (Wildman–Crippen LogP) is 3.77. The fourth-order valence-electron chi connectivity index (χ4n) is 2.63. The summed E-state index contributed by atoms with van der Waals surface area (Å²) in [4.78, 5) is 16.7. The van der Waals surface area contributed by atoms with E-state index in [9.17, 15) is 4.79 Å². The minimum atomic E-state index is -0.00827. The molecule has 114 valence electrons. The van der Waals surface area contributed by atoms with Gasteiger partial charge in [0.2, 0.25) is 0 Å². The third-order valence-corrected chi connectivity index (χ3v) is 4.90. The highest BCUT2D eigenvalue weighted by Crippen LogP contribution is 2.30. The predicted molar refractivity (Wildman–Crippen MR) is 91.6 cm³/mol. The topological polar surface area (TPSA) is 35.6 Å². The lowest BCUT2D eigenvalue weighted by Gasteiger charge is -2.34. The summed E-state index contributed by atoms with van der Waals surface area (Å²) in [6, 6.07) is 5.76. The Labute approximate surface area is 142 Å². The number of benzene rings is 1. The van der Waals surface area contributed by atoms with E-state index in [1.807, 2.05) is 23.1 Å². The molecule has 1 aliphatic carbocycles. The Morgan fingerprint density at radius 2 is 1.71 bits per heavy atom. The second-order valence-corrected chi connectivity index (χ2v) is 7.65. The van der Waals surface area contributed by atoms with Crippen molar-refractivity contribution in [3.63, 3.8) is 0 Å². The Morgan fingerprint density at radius 1 is 1.10 bits per heavy atom. The fourth-order valence-corrected chi connectivity index (χ4v) is 3.92. The van der Waals surface area contributed by atoms with Crippen LogP contribution in [0.25, 0.3) is 0 Å². The van der Waals surface area contributed by atoms with E-state index in [1.54, 1.807) is 0 Å². The SMILES string of the molecule is O=C(Nc1cc(Br)cc(Br)c1)N1CCN(CC2CC2)CC1. The van der Waals surface area contributed by atoms with E-state index < -0.39 is 0 Å². The van der Waals surface area contributed by atoms with Gasteiger partial charge in [-0.1, -0.05) is 31.9 Å². The summed E-state index contributed by atoms with van der Waals surface area (Å²) in [5.41, 5.74) is 0.807. The van der Waals surface area contributed by atoms with Gasteiger partial charge in [0.05, 0.1) is 0 Å². The normalized spacial score (nSPS) is 19.6. The Bertz CT molecular complexity index is 505. The van der Waals surface area contributed by atoms with Crippen molar-refractivity contribution in [3.8, 4) is 0 Å². The van der Waals surface area contributed by atoms with Gasteiger partial charge in [-0.15, -0.1) is 0 Å². The molecule has 1 N–H and O–H groups in total. The first-order valence-electron chi connectivity index (χ1n) is 7.34. The third-order valence-electron chi connectivity index (χ3n) is 3.99. The molecule has 2 aliphatic rings. The highest BCUT2D eigenvalue weighted by atomic mass is 79.9. The van der Waals surface area contributed by atoms with Gasteiger partial charge in [0, 0.05) is 47.4 Å². The molecule has 1 heterocycles. The molecule has 3 rings (SSSR count). The summed E-state index contributed by atoms with van der Waals surface area (Å²) in [5.74, 6) is 0.921. The molecule has 1 aromatic carbocycles. The lowest BCUT2D eigenvalue weighted by Crippen LogP contribution is -2.50. The summed E-state index contributed by atoms with van der Waals surface area (Å²) in [5, 5.41) is 2.97. The average molecular weight is 417 g/mol. The molecular weight excluding hydrogens is 398 g/mol. The highest BCUT2D eigenvalue weighted by Gasteiger charge is 2.27. The number of hydrogen-bond donors (Lipinski definition) is 1. The molecule has 6 heteroatoms. The number of nitrogens with zero attached hydrogens (tertiary/aromatic N) is 2. The van der Waals surface area contributed by atoms with Crippen LogP contribution < -0.4 is 5.32 Å². The minimum Gasteiger partial charge on any atom is -0.322 e. The van der Waals surface area contributed by atoms with E-state index in [4.69, 9.17) is 0 Å². The van der Waals surface area contributed by atoms with Crippen molar-refractivity contribution in [1.82, 2.24) is 9.80 Å². The molecule has 4 nitrogen and oxygen atoms in total. The second-order valence-electron chi connectivity index (χ2n) is 5.82. The molecular formula is C15H19Br2N3O. The van der Waals surface area contributed by atoms with E-state index in [-0.39, 0.29) is 6.03 Å². The second kappa shape index (κ2) is 6.67. The molecule has 2 fully saturated rings. The quantitative estimate of drug-likeness (QED) is 0.813. The number of carbonyl (C=O) groups excluding carboxylic acids is 1. The van der Waals surface area contributed by atoms with Crippen molar-refractivity contribution in [2.75, 3.05) is 38.0 Å². The van der Waals surface area contributed by atoms with Crippen LogP contribution in [0.5, 0.6) is 0 Å². The number of anilines is 1. The van der Waals surface area contributed by atoms with Gasteiger partial charge in [-0.25, -0.2) is 4.79 Å². The molecule has 0 radical (unpaired) electrons. The number of rotatable bonds is 3. The van der Waals surface area contributed by atoms with Crippen molar-refractivity contribution < 1.29 is 4.79 Å². The van der Waals surface area contributed by atoms with Crippen LogP contribution in [0.3, 0.4) is 0 Å². The van der Waals surface area contributed by atoms with Gasteiger partial charge in [0.25, 0.3) is 0 Å². The average Bonchev–Trinajstić information content (AvgIpc) is 3.22.